The fourth-order valence-corrected chi connectivity index (χ4v) is 3.81. The van der Waals surface area contributed by atoms with E-state index >= 15 is 0 Å². The van der Waals surface area contributed by atoms with Crippen LogP contribution in [0.1, 0.15) is 32.1 Å². The third-order valence-corrected chi connectivity index (χ3v) is 4.98. The van der Waals surface area contributed by atoms with Crippen molar-refractivity contribution in [3.63, 3.8) is 0 Å². The van der Waals surface area contributed by atoms with Crippen LogP contribution in [0.5, 0.6) is 0 Å². The minimum Gasteiger partial charge on any atom is -0.344 e. The van der Waals surface area contributed by atoms with Crippen molar-refractivity contribution in [2.45, 2.75) is 56.4 Å². The minimum absolute atomic E-state index is 0.0296. The number of fused-ring (bicyclic) bond motifs is 2. The fraction of sp³-hybridized carbons (Fsp3) is 0.857. The van der Waals surface area contributed by atoms with Crippen LogP contribution in [-0.4, -0.2) is 54.1 Å². The monoisotopic (exact) mass is 319 g/mol. The summed E-state index contributed by atoms with van der Waals surface area (Å²) in [5.41, 5.74) is 0. The van der Waals surface area contributed by atoms with E-state index in [0.29, 0.717) is 6.54 Å². The highest BCUT2D eigenvalue weighted by Gasteiger charge is 2.48. The SMILES string of the molecule is O=C1NC(C(F)(F)F)CCC1C(=O)N1C2CCNCC1CC2. The summed E-state index contributed by atoms with van der Waals surface area (Å²) in [4.78, 5) is 26.4. The molecule has 124 valence electrons. The van der Waals surface area contributed by atoms with E-state index in [9.17, 15) is 22.8 Å². The van der Waals surface area contributed by atoms with Gasteiger partial charge in [-0.2, -0.15) is 13.2 Å². The van der Waals surface area contributed by atoms with Crippen LogP contribution in [0.3, 0.4) is 0 Å². The van der Waals surface area contributed by atoms with E-state index in [1.807, 2.05) is 5.32 Å². The molecule has 2 N–H and O–H groups in total. The molecule has 3 fully saturated rings. The van der Waals surface area contributed by atoms with Crippen LogP contribution in [-0.2, 0) is 9.59 Å². The number of carbonyl (C=O) groups excluding carboxylic acids is 2. The van der Waals surface area contributed by atoms with Crippen molar-refractivity contribution < 1.29 is 22.8 Å². The van der Waals surface area contributed by atoms with Crippen molar-refractivity contribution in [1.29, 1.82) is 0 Å². The van der Waals surface area contributed by atoms with E-state index in [1.54, 1.807) is 4.90 Å². The zero-order valence-corrected chi connectivity index (χ0v) is 12.2. The Bertz CT molecular complexity index is 455. The summed E-state index contributed by atoms with van der Waals surface area (Å²) in [5.74, 6) is -2.05. The first-order valence-electron chi connectivity index (χ1n) is 7.78. The maximum atomic E-state index is 12.7. The summed E-state index contributed by atoms with van der Waals surface area (Å²) in [7, 11) is 0. The van der Waals surface area contributed by atoms with Crippen LogP contribution in [0.2, 0.25) is 0 Å². The van der Waals surface area contributed by atoms with Crippen molar-refractivity contribution in [2.75, 3.05) is 13.1 Å². The molecule has 3 aliphatic rings. The molecule has 2 amide bonds. The first kappa shape index (κ1) is 15.6. The van der Waals surface area contributed by atoms with Crippen LogP contribution < -0.4 is 10.6 Å². The predicted molar refractivity (Wildman–Crippen MR) is 71.9 cm³/mol. The molecule has 0 aromatic carbocycles. The van der Waals surface area contributed by atoms with Crippen LogP contribution >= 0.6 is 0 Å². The number of nitrogens with one attached hydrogen (secondary N) is 2. The summed E-state index contributed by atoms with van der Waals surface area (Å²) in [6.45, 7) is 1.53. The highest BCUT2D eigenvalue weighted by Crippen LogP contribution is 2.33. The Morgan fingerprint density at radius 2 is 1.82 bits per heavy atom. The van der Waals surface area contributed by atoms with Crippen molar-refractivity contribution in [2.24, 2.45) is 5.92 Å². The first-order chi connectivity index (χ1) is 10.4. The molecule has 0 radical (unpaired) electrons. The molecule has 22 heavy (non-hydrogen) atoms. The van der Waals surface area contributed by atoms with Crippen LogP contribution in [0.25, 0.3) is 0 Å². The lowest BCUT2D eigenvalue weighted by Crippen LogP contribution is -2.56. The Hall–Kier alpha value is -1.31. The van der Waals surface area contributed by atoms with Crippen LogP contribution in [0, 0.1) is 5.92 Å². The molecule has 3 aliphatic heterocycles. The summed E-state index contributed by atoms with van der Waals surface area (Å²) in [5, 5.41) is 5.23. The first-order valence-corrected chi connectivity index (χ1v) is 7.78. The molecule has 4 atom stereocenters. The van der Waals surface area contributed by atoms with E-state index in [0.717, 1.165) is 25.8 Å². The number of nitrogens with zero attached hydrogens (tertiary/aromatic N) is 1. The smallest absolute Gasteiger partial charge is 0.344 e. The quantitative estimate of drug-likeness (QED) is 0.703. The summed E-state index contributed by atoms with van der Waals surface area (Å²) >= 11 is 0. The zero-order valence-electron chi connectivity index (χ0n) is 12.2. The predicted octanol–water partition coefficient (Wildman–Crippen LogP) is 0.796. The number of halogens is 3. The van der Waals surface area contributed by atoms with E-state index in [4.69, 9.17) is 0 Å². The van der Waals surface area contributed by atoms with Gasteiger partial charge in [0.2, 0.25) is 11.8 Å². The Morgan fingerprint density at radius 1 is 1.09 bits per heavy atom. The van der Waals surface area contributed by atoms with Gasteiger partial charge in [-0.25, -0.2) is 0 Å². The lowest BCUT2D eigenvalue weighted by atomic mass is 9.91. The zero-order chi connectivity index (χ0) is 15.9. The van der Waals surface area contributed by atoms with Gasteiger partial charge >= 0.3 is 6.18 Å². The maximum absolute atomic E-state index is 12.7. The fourth-order valence-electron chi connectivity index (χ4n) is 3.81. The van der Waals surface area contributed by atoms with Gasteiger partial charge in [-0.3, -0.25) is 9.59 Å². The molecule has 3 saturated heterocycles. The number of amides is 2. The molecule has 8 heteroatoms. The van der Waals surface area contributed by atoms with Gasteiger partial charge in [-0.1, -0.05) is 0 Å². The third-order valence-electron chi connectivity index (χ3n) is 4.98. The summed E-state index contributed by atoms with van der Waals surface area (Å²) < 4.78 is 38.0. The van der Waals surface area contributed by atoms with E-state index < -0.39 is 24.0 Å². The van der Waals surface area contributed by atoms with Gasteiger partial charge in [0.15, 0.2) is 0 Å². The Morgan fingerprint density at radius 3 is 2.50 bits per heavy atom. The molecule has 4 unspecified atom stereocenters. The average Bonchev–Trinajstić information content (AvgIpc) is 2.70. The molecule has 5 nitrogen and oxygen atoms in total. The second-order valence-corrected chi connectivity index (χ2v) is 6.36. The number of alkyl halides is 3. The van der Waals surface area contributed by atoms with Gasteiger partial charge in [0, 0.05) is 18.6 Å². The Balaban J connectivity index is 1.69. The molecule has 0 aromatic heterocycles. The molecule has 0 aromatic rings. The Labute approximate surface area is 126 Å². The topological polar surface area (TPSA) is 61.4 Å². The minimum atomic E-state index is -4.45. The van der Waals surface area contributed by atoms with Crippen molar-refractivity contribution >= 4 is 11.8 Å². The maximum Gasteiger partial charge on any atom is 0.408 e. The number of hydrogen-bond acceptors (Lipinski definition) is 3. The molecule has 0 spiro atoms. The molecule has 2 bridgehead atoms. The van der Waals surface area contributed by atoms with Gasteiger partial charge < -0.3 is 15.5 Å². The summed E-state index contributed by atoms with van der Waals surface area (Å²) in [6.07, 6.45) is -2.07. The third kappa shape index (κ3) is 2.80. The van der Waals surface area contributed by atoms with Crippen LogP contribution in [0.15, 0.2) is 0 Å². The lowest BCUT2D eigenvalue weighted by Gasteiger charge is -2.35. The molecular formula is C14H20F3N3O2. The largest absolute Gasteiger partial charge is 0.408 e. The molecule has 3 rings (SSSR count). The molecule has 3 heterocycles. The van der Waals surface area contributed by atoms with E-state index in [2.05, 4.69) is 5.32 Å². The van der Waals surface area contributed by atoms with E-state index in [-0.39, 0.29) is 30.8 Å². The molecule has 0 saturated carbocycles. The molecular weight excluding hydrogens is 299 g/mol. The average molecular weight is 319 g/mol. The van der Waals surface area contributed by atoms with Crippen molar-refractivity contribution in [3.8, 4) is 0 Å². The lowest BCUT2D eigenvalue weighted by molar-refractivity contribution is -0.172. The van der Waals surface area contributed by atoms with Crippen LogP contribution in [0.4, 0.5) is 13.2 Å². The van der Waals surface area contributed by atoms with Gasteiger partial charge in [0.25, 0.3) is 0 Å². The highest BCUT2D eigenvalue weighted by molar-refractivity contribution is 6.01. The van der Waals surface area contributed by atoms with Gasteiger partial charge in [0.1, 0.15) is 12.0 Å². The number of hydrogen-bond donors (Lipinski definition) is 2. The van der Waals surface area contributed by atoms with Gasteiger partial charge in [0.05, 0.1) is 0 Å². The second-order valence-electron chi connectivity index (χ2n) is 6.36. The molecule has 0 aliphatic carbocycles. The second kappa shape index (κ2) is 5.72. The standard InChI is InChI=1S/C14H20F3N3O2/c15-14(16,17)11-4-3-10(12(21)19-11)13(22)20-8-1-2-9(20)7-18-6-5-8/h8-11,18H,1-7H2,(H,19,21). The van der Waals surface area contributed by atoms with Gasteiger partial charge in [-0.15, -0.1) is 0 Å². The summed E-state index contributed by atoms with van der Waals surface area (Å²) in [6, 6.07) is -1.65. The van der Waals surface area contributed by atoms with Crippen molar-refractivity contribution in [3.05, 3.63) is 0 Å². The van der Waals surface area contributed by atoms with Gasteiger partial charge in [-0.05, 0) is 38.6 Å². The van der Waals surface area contributed by atoms with E-state index in [1.165, 1.54) is 0 Å². The highest BCUT2D eigenvalue weighted by atomic mass is 19.4. The number of piperidine rings is 1. The Kier molecular flexibility index (Phi) is 4.05. The van der Waals surface area contributed by atoms with Crippen molar-refractivity contribution in [1.82, 2.24) is 15.5 Å². The number of rotatable bonds is 1. The number of carbonyl (C=O) groups is 2. The normalized spacial score (nSPS) is 36.0.